The number of phosphoric acid groups is 1. The molecule has 0 fully saturated rings. The molecule has 0 rings (SSSR count). The van der Waals surface area contributed by atoms with E-state index < -0.39 is 26.5 Å². The molecule has 0 amide bonds. The van der Waals surface area contributed by atoms with Gasteiger partial charge in [-0.1, -0.05) is 299 Å². The highest BCUT2D eigenvalue weighted by Gasteiger charge is 2.26. The number of carbonyl (C=O) groups is 2. The number of carbonyl (C=O) groups excluding carboxylic acids is 2. The first-order chi connectivity index (χ1) is 37.3. The maximum absolute atomic E-state index is 12.7. The molecule has 10 heteroatoms. The summed E-state index contributed by atoms with van der Waals surface area (Å²) in [4.78, 5) is 35.1. The average molecular weight is 1090 g/mol. The van der Waals surface area contributed by atoms with E-state index in [1.807, 2.05) is 0 Å². The summed E-state index contributed by atoms with van der Waals surface area (Å²) in [5.41, 5.74) is 5.38. The van der Waals surface area contributed by atoms with E-state index in [0.29, 0.717) is 6.42 Å². The Labute approximate surface area is 469 Å². The highest BCUT2D eigenvalue weighted by Crippen LogP contribution is 2.43. The van der Waals surface area contributed by atoms with Crippen LogP contribution in [0.1, 0.15) is 303 Å². The van der Waals surface area contributed by atoms with Gasteiger partial charge in [0.1, 0.15) is 6.61 Å². The first kappa shape index (κ1) is 73.5. The molecular formula is C66H120NO8P. The molecule has 0 aromatic rings. The fourth-order valence-electron chi connectivity index (χ4n) is 9.17. The number of nitrogens with two attached hydrogens (primary N) is 1. The molecule has 3 N–H and O–H groups in total. The van der Waals surface area contributed by atoms with E-state index in [-0.39, 0.29) is 38.6 Å². The lowest BCUT2D eigenvalue weighted by Crippen LogP contribution is -2.29. The lowest BCUT2D eigenvalue weighted by atomic mass is 10.0. The van der Waals surface area contributed by atoms with Gasteiger partial charge in [-0.05, 0) is 64.2 Å². The second kappa shape index (κ2) is 61.7. The quantitative estimate of drug-likeness (QED) is 0.0264. The lowest BCUT2D eigenvalue weighted by Gasteiger charge is -2.19. The van der Waals surface area contributed by atoms with E-state index in [2.05, 4.69) is 86.8 Å². The summed E-state index contributed by atoms with van der Waals surface area (Å²) in [7, 11) is -4.38. The molecule has 0 spiro atoms. The van der Waals surface area contributed by atoms with Crippen LogP contribution in [0.5, 0.6) is 0 Å². The fraction of sp³-hybridized carbons (Fsp3) is 0.788. The second-order valence-corrected chi connectivity index (χ2v) is 22.7. The molecule has 0 bridgehead atoms. The second-order valence-electron chi connectivity index (χ2n) is 21.3. The number of unbranched alkanes of at least 4 members (excludes halogenated alkanes) is 35. The number of phosphoric ester groups is 1. The van der Waals surface area contributed by atoms with Crippen molar-refractivity contribution >= 4 is 19.8 Å². The molecule has 442 valence electrons. The van der Waals surface area contributed by atoms with Gasteiger partial charge in [-0.25, -0.2) is 4.57 Å². The molecule has 0 saturated carbocycles. The predicted molar refractivity (Wildman–Crippen MR) is 326 cm³/mol. The van der Waals surface area contributed by atoms with E-state index in [1.165, 1.54) is 199 Å². The summed E-state index contributed by atoms with van der Waals surface area (Å²) in [6.07, 6.45) is 79.9. The van der Waals surface area contributed by atoms with Crippen molar-refractivity contribution in [2.45, 2.75) is 309 Å². The molecule has 76 heavy (non-hydrogen) atoms. The van der Waals surface area contributed by atoms with Crippen LogP contribution < -0.4 is 5.73 Å². The Morgan fingerprint density at radius 3 is 1.08 bits per heavy atom. The molecule has 0 aromatic carbocycles. The molecule has 2 atom stereocenters. The SMILES string of the molecule is CC/C=C\C/C=C\C/C=C\C/C=C\C/C=C\C/C=C\CCCCCCCCCCCCCCCCCCCCCCCCC(=O)OC(COC(=O)CCCCCCCCCCCCCCCC)COP(=O)(O)OCCN. The van der Waals surface area contributed by atoms with Gasteiger partial charge in [-0.3, -0.25) is 18.6 Å². The van der Waals surface area contributed by atoms with E-state index in [4.69, 9.17) is 24.3 Å². The largest absolute Gasteiger partial charge is 0.472 e. The Morgan fingerprint density at radius 1 is 0.408 bits per heavy atom. The maximum atomic E-state index is 12.7. The number of hydrogen-bond acceptors (Lipinski definition) is 8. The van der Waals surface area contributed by atoms with Crippen LogP contribution in [0.15, 0.2) is 72.9 Å². The van der Waals surface area contributed by atoms with Crippen LogP contribution in [0.3, 0.4) is 0 Å². The number of allylic oxidation sites excluding steroid dienone is 12. The van der Waals surface area contributed by atoms with Crippen molar-refractivity contribution in [3.63, 3.8) is 0 Å². The van der Waals surface area contributed by atoms with Crippen LogP contribution in [0, 0.1) is 0 Å². The van der Waals surface area contributed by atoms with Gasteiger partial charge in [0.2, 0.25) is 0 Å². The van der Waals surface area contributed by atoms with Crippen LogP contribution in [0.25, 0.3) is 0 Å². The Morgan fingerprint density at radius 2 is 0.724 bits per heavy atom. The number of esters is 2. The van der Waals surface area contributed by atoms with Crippen LogP contribution in [-0.4, -0.2) is 49.3 Å². The molecule has 0 aromatic heterocycles. The van der Waals surface area contributed by atoms with Crippen molar-refractivity contribution in [3.8, 4) is 0 Å². The van der Waals surface area contributed by atoms with Gasteiger partial charge in [0.05, 0.1) is 13.2 Å². The molecule has 0 aliphatic rings. The minimum Gasteiger partial charge on any atom is -0.462 e. The third kappa shape index (κ3) is 60.7. The molecule has 0 heterocycles. The molecular weight excluding hydrogens is 966 g/mol. The minimum absolute atomic E-state index is 0.0550. The van der Waals surface area contributed by atoms with Gasteiger partial charge in [0.15, 0.2) is 6.10 Å². The van der Waals surface area contributed by atoms with Crippen molar-refractivity contribution in [1.29, 1.82) is 0 Å². The van der Waals surface area contributed by atoms with Crippen LogP contribution in [0.2, 0.25) is 0 Å². The van der Waals surface area contributed by atoms with Gasteiger partial charge >= 0.3 is 19.8 Å². The third-order valence-corrected chi connectivity index (χ3v) is 14.8. The third-order valence-electron chi connectivity index (χ3n) is 13.9. The average Bonchev–Trinajstić information content (AvgIpc) is 3.41. The number of ether oxygens (including phenoxy) is 2. The summed E-state index contributed by atoms with van der Waals surface area (Å²) in [6.45, 7) is 3.66. The zero-order valence-corrected chi connectivity index (χ0v) is 50.4. The smallest absolute Gasteiger partial charge is 0.462 e. The van der Waals surface area contributed by atoms with Crippen LogP contribution in [0.4, 0.5) is 0 Å². The Kier molecular flexibility index (Phi) is 59.6. The molecule has 2 unspecified atom stereocenters. The highest BCUT2D eigenvalue weighted by atomic mass is 31.2. The van der Waals surface area contributed by atoms with Crippen molar-refractivity contribution in [3.05, 3.63) is 72.9 Å². The molecule has 0 saturated heterocycles. The first-order valence-electron chi connectivity index (χ1n) is 31.9. The normalized spacial score (nSPS) is 13.5. The van der Waals surface area contributed by atoms with Crippen LogP contribution in [-0.2, 0) is 32.7 Å². The van der Waals surface area contributed by atoms with E-state index in [1.54, 1.807) is 0 Å². The number of rotatable bonds is 60. The summed E-state index contributed by atoms with van der Waals surface area (Å²) >= 11 is 0. The molecule has 0 aliphatic heterocycles. The minimum atomic E-state index is -4.38. The zero-order chi connectivity index (χ0) is 55.2. The Hall–Kier alpha value is -2.55. The fourth-order valence-corrected chi connectivity index (χ4v) is 9.94. The van der Waals surface area contributed by atoms with Gasteiger partial charge in [-0.15, -0.1) is 0 Å². The molecule has 9 nitrogen and oxygen atoms in total. The monoisotopic (exact) mass is 1090 g/mol. The van der Waals surface area contributed by atoms with Crippen molar-refractivity contribution in [2.24, 2.45) is 5.73 Å². The van der Waals surface area contributed by atoms with E-state index >= 15 is 0 Å². The Bertz CT molecular complexity index is 1470. The van der Waals surface area contributed by atoms with Crippen molar-refractivity contribution in [2.75, 3.05) is 26.4 Å². The van der Waals surface area contributed by atoms with Gasteiger partial charge in [0.25, 0.3) is 0 Å². The topological polar surface area (TPSA) is 134 Å². The van der Waals surface area contributed by atoms with E-state index in [9.17, 15) is 19.0 Å². The van der Waals surface area contributed by atoms with Gasteiger partial charge < -0.3 is 20.1 Å². The lowest BCUT2D eigenvalue weighted by molar-refractivity contribution is -0.161. The van der Waals surface area contributed by atoms with Crippen molar-refractivity contribution < 1.29 is 37.6 Å². The number of hydrogen-bond donors (Lipinski definition) is 2. The van der Waals surface area contributed by atoms with Gasteiger partial charge in [0, 0.05) is 19.4 Å². The van der Waals surface area contributed by atoms with Crippen LogP contribution >= 0.6 is 7.82 Å². The summed E-state index contributed by atoms with van der Waals surface area (Å²) < 4.78 is 33.0. The van der Waals surface area contributed by atoms with Gasteiger partial charge in [-0.2, -0.15) is 0 Å². The standard InChI is InChI=1S/C66H120NO8P/c1-3-5-7-9-11-13-15-17-19-20-21-22-23-24-25-26-27-28-29-30-31-32-33-34-35-36-37-38-39-40-41-42-43-44-45-47-49-51-53-55-57-59-66(69)75-64(63-74-76(70,71)73-61-60-67)62-72-65(68)58-56-54-52-50-48-46-18-16-14-12-10-8-6-4-2/h5,7,11,13,17,19,21-22,24-25,27-28,64H,3-4,6,8-10,12,14-16,18,20,23,26,29-63,67H2,1-2H3,(H,70,71)/b7-5-,13-11-,19-17-,22-21-,25-24-,28-27-. The highest BCUT2D eigenvalue weighted by molar-refractivity contribution is 7.47. The maximum Gasteiger partial charge on any atom is 0.472 e. The summed E-state index contributed by atoms with van der Waals surface area (Å²) in [5.74, 6) is -0.813. The molecule has 0 radical (unpaired) electrons. The zero-order valence-electron chi connectivity index (χ0n) is 49.5. The van der Waals surface area contributed by atoms with Crippen molar-refractivity contribution in [1.82, 2.24) is 0 Å². The first-order valence-corrected chi connectivity index (χ1v) is 33.4. The summed E-state index contributed by atoms with van der Waals surface area (Å²) in [5, 5.41) is 0. The molecule has 0 aliphatic carbocycles. The summed E-state index contributed by atoms with van der Waals surface area (Å²) in [6, 6.07) is 0. The Balaban J connectivity index is 3.76. The predicted octanol–water partition coefficient (Wildman–Crippen LogP) is 20.5. The van der Waals surface area contributed by atoms with E-state index in [0.717, 1.165) is 70.6 Å².